The van der Waals surface area contributed by atoms with Crippen LogP contribution in [0.3, 0.4) is 0 Å². The maximum Gasteiger partial charge on any atom is 0.251 e. The summed E-state index contributed by atoms with van der Waals surface area (Å²) in [5, 5.41) is 4.90. The van der Waals surface area contributed by atoms with Gasteiger partial charge in [0, 0.05) is 24.2 Å². The number of nitrogens with one attached hydrogen (secondary N) is 1. The third-order valence-corrected chi connectivity index (χ3v) is 6.43. The molecule has 3 aromatic carbocycles. The summed E-state index contributed by atoms with van der Waals surface area (Å²) in [6.45, 7) is 0.467. The Labute approximate surface area is 191 Å². The van der Waals surface area contributed by atoms with E-state index >= 15 is 0 Å². The van der Waals surface area contributed by atoms with Gasteiger partial charge in [0.15, 0.2) is 5.78 Å². The van der Waals surface area contributed by atoms with Crippen molar-refractivity contribution in [1.29, 1.82) is 0 Å². The highest BCUT2D eigenvalue weighted by Crippen LogP contribution is 2.28. The zero-order valence-electron chi connectivity index (χ0n) is 18.1. The molecule has 2 amide bonds. The average Bonchev–Trinajstić information content (AvgIpc) is 3.42. The monoisotopic (exact) mass is 443 g/mol. The van der Waals surface area contributed by atoms with Gasteiger partial charge in [-0.05, 0) is 47.0 Å². The van der Waals surface area contributed by atoms with Crippen LogP contribution in [0.5, 0.6) is 0 Å². The summed E-state index contributed by atoms with van der Waals surface area (Å²) in [4.78, 5) is 40.6. The SMILES string of the molecule is Nc1ccc(CC(NC(=O)c2ccc3ccccc3c2)C(=O)N2CCC3OCC(=O)C32)cc1. The summed E-state index contributed by atoms with van der Waals surface area (Å²) >= 11 is 0. The number of carbonyl (C=O) groups excluding carboxylic acids is 3. The first-order valence-corrected chi connectivity index (χ1v) is 11.1. The van der Waals surface area contributed by atoms with Gasteiger partial charge in [0.2, 0.25) is 5.91 Å². The number of rotatable bonds is 5. The molecule has 168 valence electrons. The van der Waals surface area contributed by atoms with E-state index in [1.54, 1.807) is 23.1 Å². The summed E-state index contributed by atoms with van der Waals surface area (Å²) in [6.07, 6.45) is 0.659. The largest absolute Gasteiger partial charge is 0.399 e. The number of hydrogen-bond donors (Lipinski definition) is 2. The fraction of sp³-hybridized carbons (Fsp3) is 0.269. The van der Waals surface area contributed by atoms with E-state index in [9.17, 15) is 14.4 Å². The molecule has 0 radical (unpaired) electrons. The molecule has 2 aliphatic rings. The lowest BCUT2D eigenvalue weighted by Gasteiger charge is -2.27. The van der Waals surface area contributed by atoms with Crippen molar-refractivity contribution in [3.63, 3.8) is 0 Å². The van der Waals surface area contributed by atoms with Crippen molar-refractivity contribution < 1.29 is 19.1 Å². The molecule has 0 aliphatic carbocycles. The van der Waals surface area contributed by atoms with Crippen molar-refractivity contribution in [2.75, 3.05) is 18.9 Å². The molecular weight excluding hydrogens is 418 g/mol. The lowest BCUT2D eigenvalue weighted by Crippen LogP contribution is -2.53. The summed E-state index contributed by atoms with van der Waals surface area (Å²) in [5.74, 6) is -0.690. The van der Waals surface area contributed by atoms with Gasteiger partial charge in [-0.3, -0.25) is 14.4 Å². The minimum atomic E-state index is -0.820. The summed E-state index contributed by atoms with van der Waals surface area (Å²) in [7, 11) is 0. The van der Waals surface area contributed by atoms with Crippen molar-refractivity contribution in [2.45, 2.75) is 31.0 Å². The number of nitrogens with two attached hydrogens (primary N) is 1. The van der Waals surface area contributed by atoms with Gasteiger partial charge in [0.05, 0.1) is 6.10 Å². The minimum Gasteiger partial charge on any atom is -0.399 e. The van der Waals surface area contributed by atoms with E-state index < -0.39 is 12.1 Å². The Morgan fingerprint density at radius 1 is 1.06 bits per heavy atom. The Kier molecular flexibility index (Phi) is 5.56. The first-order chi connectivity index (χ1) is 16.0. The summed E-state index contributed by atoms with van der Waals surface area (Å²) < 4.78 is 5.53. The number of benzene rings is 3. The maximum atomic E-state index is 13.6. The maximum absolute atomic E-state index is 13.6. The van der Waals surface area contributed by atoms with Crippen LogP contribution >= 0.6 is 0 Å². The number of likely N-dealkylation sites (tertiary alicyclic amines) is 1. The molecule has 2 saturated heterocycles. The van der Waals surface area contributed by atoms with Crippen molar-refractivity contribution >= 4 is 34.1 Å². The molecule has 5 rings (SSSR count). The highest BCUT2D eigenvalue weighted by molar-refractivity contribution is 6.01. The van der Waals surface area contributed by atoms with E-state index in [4.69, 9.17) is 10.5 Å². The minimum absolute atomic E-state index is 0.0329. The lowest BCUT2D eigenvalue weighted by atomic mass is 10.0. The predicted molar refractivity (Wildman–Crippen MR) is 125 cm³/mol. The zero-order valence-corrected chi connectivity index (χ0v) is 18.1. The molecule has 2 heterocycles. The molecule has 3 unspecified atom stereocenters. The Morgan fingerprint density at radius 2 is 1.82 bits per heavy atom. The third-order valence-electron chi connectivity index (χ3n) is 6.43. The molecule has 2 aliphatic heterocycles. The van der Waals surface area contributed by atoms with E-state index in [-0.39, 0.29) is 30.3 Å². The number of anilines is 1. The highest BCUT2D eigenvalue weighted by atomic mass is 16.5. The molecule has 7 nitrogen and oxygen atoms in total. The van der Waals surface area contributed by atoms with Crippen LogP contribution in [0.1, 0.15) is 22.3 Å². The van der Waals surface area contributed by atoms with Gasteiger partial charge in [-0.25, -0.2) is 0 Å². The molecule has 0 spiro atoms. The van der Waals surface area contributed by atoms with Crippen LogP contribution in [0, 0.1) is 0 Å². The van der Waals surface area contributed by atoms with Crippen LogP contribution in [-0.4, -0.2) is 53.8 Å². The smallest absolute Gasteiger partial charge is 0.251 e. The van der Waals surface area contributed by atoms with Crippen LogP contribution in [0.2, 0.25) is 0 Å². The Bertz CT molecular complexity index is 1220. The average molecular weight is 444 g/mol. The highest BCUT2D eigenvalue weighted by Gasteiger charge is 2.48. The van der Waals surface area contributed by atoms with Crippen LogP contribution < -0.4 is 11.1 Å². The van der Waals surface area contributed by atoms with Crippen LogP contribution in [0.15, 0.2) is 66.7 Å². The number of nitrogens with zero attached hydrogens (tertiary/aromatic N) is 1. The summed E-state index contributed by atoms with van der Waals surface area (Å²) in [6, 6.07) is 19.1. The molecule has 3 atom stereocenters. The molecule has 0 aromatic heterocycles. The number of carbonyl (C=O) groups is 3. The van der Waals surface area contributed by atoms with Gasteiger partial charge in [-0.15, -0.1) is 0 Å². The van der Waals surface area contributed by atoms with Crippen molar-refractivity contribution in [3.05, 3.63) is 77.9 Å². The Balaban J connectivity index is 1.41. The Hall–Kier alpha value is -3.71. The first kappa shape index (κ1) is 21.2. The number of ether oxygens (including phenoxy) is 1. The van der Waals surface area contributed by atoms with E-state index in [0.717, 1.165) is 16.3 Å². The number of hydrogen-bond acceptors (Lipinski definition) is 5. The number of amides is 2. The molecule has 7 heteroatoms. The van der Waals surface area contributed by atoms with Crippen LogP contribution in [-0.2, 0) is 20.7 Å². The molecule has 0 bridgehead atoms. The molecule has 33 heavy (non-hydrogen) atoms. The number of nitrogen functional groups attached to an aromatic ring is 1. The second-order valence-corrected chi connectivity index (χ2v) is 8.61. The topological polar surface area (TPSA) is 102 Å². The fourth-order valence-electron chi connectivity index (χ4n) is 4.70. The quantitative estimate of drug-likeness (QED) is 0.590. The van der Waals surface area contributed by atoms with E-state index in [0.29, 0.717) is 30.6 Å². The second-order valence-electron chi connectivity index (χ2n) is 8.61. The summed E-state index contributed by atoms with van der Waals surface area (Å²) in [5.41, 5.74) is 7.76. The number of ketones is 1. The second kappa shape index (κ2) is 8.67. The van der Waals surface area contributed by atoms with Gasteiger partial charge in [-0.2, -0.15) is 0 Å². The fourth-order valence-corrected chi connectivity index (χ4v) is 4.70. The van der Waals surface area contributed by atoms with Crippen LogP contribution in [0.4, 0.5) is 5.69 Å². The van der Waals surface area contributed by atoms with E-state index in [2.05, 4.69) is 5.32 Å². The van der Waals surface area contributed by atoms with Gasteiger partial charge in [-0.1, -0.05) is 42.5 Å². The van der Waals surface area contributed by atoms with E-state index in [1.165, 1.54) is 0 Å². The van der Waals surface area contributed by atoms with Crippen molar-refractivity contribution in [1.82, 2.24) is 10.2 Å². The molecule has 3 N–H and O–H groups in total. The van der Waals surface area contributed by atoms with E-state index in [1.807, 2.05) is 48.5 Å². The van der Waals surface area contributed by atoms with Gasteiger partial charge < -0.3 is 20.7 Å². The normalized spacial score (nSPS) is 20.6. The molecule has 2 fully saturated rings. The van der Waals surface area contributed by atoms with Gasteiger partial charge in [0.1, 0.15) is 18.7 Å². The lowest BCUT2D eigenvalue weighted by molar-refractivity contribution is -0.138. The molecular formula is C26H25N3O4. The zero-order chi connectivity index (χ0) is 22.9. The molecule has 3 aromatic rings. The van der Waals surface area contributed by atoms with Gasteiger partial charge >= 0.3 is 0 Å². The van der Waals surface area contributed by atoms with Crippen molar-refractivity contribution in [2.24, 2.45) is 0 Å². The standard InChI is InChI=1S/C26H25N3O4/c27-20-9-5-16(6-10-20)13-21(26(32)29-12-11-23-24(29)22(30)15-33-23)28-25(31)19-8-7-17-3-1-2-4-18(17)14-19/h1-10,14,21,23-24H,11-13,15,27H2,(H,28,31). The molecule has 0 saturated carbocycles. The number of fused-ring (bicyclic) bond motifs is 2. The number of Topliss-reactive ketones (excluding diaryl/α,β-unsaturated/α-hetero) is 1. The third kappa shape index (κ3) is 4.19. The van der Waals surface area contributed by atoms with Gasteiger partial charge in [0.25, 0.3) is 5.91 Å². The van der Waals surface area contributed by atoms with Crippen molar-refractivity contribution in [3.8, 4) is 0 Å². The van der Waals surface area contributed by atoms with Crippen LogP contribution in [0.25, 0.3) is 10.8 Å². The predicted octanol–water partition coefficient (Wildman–Crippen LogP) is 2.33. The Morgan fingerprint density at radius 3 is 2.61 bits per heavy atom. The first-order valence-electron chi connectivity index (χ1n) is 11.1.